The summed E-state index contributed by atoms with van der Waals surface area (Å²) >= 11 is 1.40. The maximum absolute atomic E-state index is 16.1. The molecule has 0 bridgehead atoms. The molecule has 3 rings (SSSR count). The maximum Gasteiger partial charge on any atom is 0.379 e. The van der Waals surface area contributed by atoms with Crippen molar-refractivity contribution < 1.29 is 32.3 Å². The first kappa shape index (κ1) is 24.7. The van der Waals surface area contributed by atoms with E-state index in [-0.39, 0.29) is 30.9 Å². The Morgan fingerprint density at radius 2 is 2.10 bits per heavy atom. The predicted molar refractivity (Wildman–Crippen MR) is 116 cm³/mol. The Kier molecular flexibility index (Phi) is 6.99. The van der Waals surface area contributed by atoms with Gasteiger partial charge in [0.15, 0.2) is 5.54 Å². The van der Waals surface area contributed by atoms with E-state index in [0.717, 1.165) is 0 Å². The van der Waals surface area contributed by atoms with Crippen LogP contribution in [0.15, 0.2) is 22.7 Å². The average molecular weight is 524 g/mol. The van der Waals surface area contributed by atoms with E-state index in [9.17, 15) is 9.35 Å². The zero-order valence-corrected chi connectivity index (χ0v) is 20.5. The van der Waals surface area contributed by atoms with Gasteiger partial charge in [-0.15, -0.1) is 4.72 Å². The highest BCUT2D eigenvalue weighted by Crippen LogP contribution is 2.54. The largest absolute Gasteiger partial charge is 0.598 e. The smallest absolute Gasteiger partial charge is 0.379 e. The second kappa shape index (κ2) is 8.78. The lowest BCUT2D eigenvalue weighted by atomic mass is 9.71. The van der Waals surface area contributed by atoms with Crippen molar-refractivity contribution in [3.63, 3.8) is 0 Å². The van der Waals surface area contributed by atoms with Gasteiger partial charge in [-0.3, -0.25) is 0 Å². The molecule has 0 saturated carbocycles. The molecule has 1 aromatic rings. The number of esters is 1. The minimum Gasteiger partial charge on any atom is -0.598 e. The molecule has 174 valence electrons. The fourth-order valence-electron chi connectivity index (χ4n) is 3.96. The van der Waals surface area contributed by atoms with Crippen molar-refractivity contribution in [2.75, 3.05) is 19.8 Å². The highest BCUT2D eigenvalue weighted by molar-refractivity contribution is 9.10. The van der Waals surface area contributed by atoms with Crippen molar-refractivity contribution in [3.8, 4) is 5.75 Å². The van der Waals surface area contributed by atoms with Gasteiger partial charge in [-0.1, -0.05) is 15.9 Å². The van der Waals surface area contributed by atoms with Crippen LogP contribution in [-0.4, -0.2) is 46.6 Å². The first-order chi connectivity index (χ1) is 14.4. The van der Waals surface area contributed by atoms with Gasteiger partial charge in [0.2, 0.25) is 0 Å². The molecule has 0 radical (unpaired) electrons. The lowest BCUT2D eigenvalue weighted by molar-refractivity contribution is -0.197. The zero-order valence-electron chi connectivity index (χ0n) is 18.1. The van der Waals surface area contributed by atoms with E-state index in [0.29, 0.717) is 23.9 Å². The number of halogens is 3. The van der Waals surface area contributed by atoms with E-state index in [1.165, 1.54) is 13.0 Å². The molecule has 1 N–H and O–H groups in total. The first-order valence-electron chi connectivity index (χ1n) is 10.2. The third kappa shape index (κ3) is 4.59. The number of hydrogen-bond donors (Lipinski definition) is 1. The van der Waals surface area contributed by atoms with Crippen LogP contribution in [-0.2, 0) is 31.2 Å². The van der Waals surface area contributed by atoms with Gasteiger partial charge in [0, 0.05) is 34.4 Å². The summed E-state index contributed by atoms with van der Waals surface area (Å²) in [7, 11) is 0. The van der Waals surface area contributed by atoms with Gasteiger partial charge in [-0.2, -0.15) is 8.78 Å². The Hall–Kier alpha value is -0.940. The molecular weight excluding hydrogens is 496 g/mol. The van der Waals surface area contributed by atoms with Crippen LogP contribution in [0, 0.1) is 0 Å². The fourth-order valence-corrected chi connectivity index (χ4v) is 5.26. The van der Waals surface area contributed by atoms with Crippen LogP contribution in [0.2, 0.25) is 0 Å². The average Bonchev–Trinajstić information content (AvgIpc) is 2.68. The number of ether oxygens (including phenoxy) is 3. The van der Waals surface area contributed by atoms with Gasteiger partial charge in [-0.05, 0) is 58.7 Å². The number of fused-ring (bicyclic) bond motifs is 1. The third-order valence-corrected chi connectivity index (χ3v) is 7.63. The van der Waals surface area contributed by atoms with Crippen molar-refractivity contribution in [1.82, 2.24) is 4.72 Å². The van der Waals surface area contributed by atoms with E-state index < -0.39 is 39.1 Å². The molecule has 2 aliphatic rings. The van der Waals surface area contributed by atoms with E-state index in [1.807, 2.05) is 0 Å². The van der Waals surface area contributed by atoms with Gasteiger partial charge >= 0.3 is 11.9 Å². The Morgan fingerprint density at radius 3 is 2.68 bits per heavy atom. The molecule has 31 heavy (non-hydrogen) atoms. The van der Waals surface area contributed by atoms with Gasteiger partial charge in [-0.25, -0.2) is 4.79 Å². The second-order valence-corrected chi connectivity index (χ2v) is 11.8. The zero-order chi connectivity index (χ0) is 23.1. The van der Waals surface area contributed by atoms with E-state index in [2.05, 4.69) is 20.7 Å². The molecule has 0 aromatic heterocycles. The topological polar surface area (TPSA) is 79.9 Å². The van der Waals surface area contributed by atoms with E-state index >= 15 is 8.78 Å². The highest BCUT2D eigenvalue weighted by Gasteiger charge is 2.69. The molecule has 0 aliphatic carbocycles. The van der Waals surface area contributed by atoms with E-state index in [1.54, 1.807) is 32.9 Å². The number of hydrogen-bond acceptors (Lipinski definition) is 6. The van der Waals surface area contributed by atoms with Crippen LogP contribution in [0.1, 0.15) is 52.5 Å². The van der Waals surface area contributed by atoms with Crippen LogP contribution >= 0.6 is 15.9 Å². The lowest BCUT2D eigenvalue weighted by Crippen LogP contribution is -2.69. The summed E-state index contributed by atoms with van der Waals surface area (Å²) in [5, 5.41) is 0. The van der Waals surface area contributed by atoms with Crippen molar-refractivity contribution >= 4 is 33.3 Å². The summed E-state index contributed by atoms with van der Waals surface area (Å²) in [5.41, 5.74) is -3.37. The van der Waals surface area contributed by atoms with E-state index in [4.69, 9.17) is 14.2 Å². The Bertz CT molecular complexity index is 828. The summed E-state index contributed by atoms with van der Waals surface area (Å²) in [5.74, 6) is -5.51. The highest BCUT2D eigenvalue weighted by atomic mass is 79.9. The minimum absolute atomic E-state index is 0.0497. The van der Waals surface area contributed by atoms with Crippen LogP contribution in [0.25, 0.3) is 0 Å². The van der Waals surface area contributed by atoms with Crippen LogP contribution in [0.4, 0.5) is 8.78 Å². The van der Waals surface area contributed by atoms with Crippen LogP contribution < -0.4 is 9.46 Å². The molecule has 10 heteroatoms. The monoisotopic (exact) mass is 523 g/mol. The number of carbonyl (C=O) groups is 1. The molecule has 2 aliphatic heterocycles. The SMILES string of the molecule is CCOC(=O)C(F)(F)[C@@]1(N[S+]([O-])C(C)(C)C)CC2(CCCOC2)Oc2ccc(Br)cc21. The summed E-state index contributed by atoms with van der Waals surface area (Å²) in [6.07, 6.45) is 0.777. The standard InChI is InChI=1S/C21H28BrF2NO5S/c1-5-29-17(26)21(23,24)20(25-31(27)18(2,3)4)12-19(9-6-10-28-13-19)30-16-8-7-14(22)11-15(16)20/h7-8,11,25H,5-6,9-10,12-13H2,1-4H3/t19?,20-,31?/m1/s1. The Morgan fingerprint density at radius 1 is 1.39 bits per heavy atom. The first-order valence-corrected chi connectivity index (χ1v) is 12.1. The number of carbonyl (C=O) groups excluding carboxylic acids is 1. The third-order valence-electron chi connectivity index (χ3n) is 5.49. The molecular formula is C21H28BrF2NO5S. The summed E-state index contributed by atoms with van der Waals surface area (Å²) in [6.45, 7) is 6.87. The molecule has 3 atom stereocenters. The van der Waals surface area contributed by atoms with Crippen molar-refractivity contribution in [2.24, 2.45) is 0 Å². The second-order valence-electron chi connectivity index (χ2n) is 8.94. The number of rotatable bonds is 5. The Balaban J connectivity index is 2.25. The van der Waals surface area contributed by atoms with Gasteiger partial charge in [0.05, 0.1) is 13.2 Å². The molecule has 1 aromatic carbocycles. The molecule has 1 spiro atoms. The molecule has 1 saturated heterocycles. The number of benzene rings is 1. The summed E-state index contributed by atoms with van der Waals surface area (Å²) in [4.78, 5) is 12.6. The van der Waals surface area contributed by atoms with Gasteiger partial charge < -0.3 is 18.8 Å². The molecule has 0 amide bonds. The normalized spacial score (nSPS) is 27.4. The quantitative estimate of drug-likeness (QED) is 0.459. The summed E-state index contributed by atoms with van der Waals surface area (Å²) < 4.78 is 64.2. The van der Waals surface area contributed by atoms with Crippen molar-refractivity contribution in [3.05, 3.63) is 28.2 Å². The minimum atomic E-state index is -4.03. The van der Waals surface area contributed by atoms with Crippen LogP contribution in [0.5, 0.6) is 5.75 Å². The maximum atomic E-state index is 16.1. The molecule has 2 heterocycles. The molecule has 6 nitrogen and oxygen atoms in total. The van der Waals surface area contributed by atoms with Crippen LogP contribution in [0.3, 0.4) is 0 Å². The number of alkyl halides is 2. The predicted octanol–water partition coefficient (Wildman–Crippen LogP) is 4.23. The lowest BCUT2D eigenvalue weighted by Gasteiger charge is -2.51. The molecule has 2 unspecified atom stereocenters. The molecule has 1 fully saturated rings. The Labute approximate surface area is 192 Å². The number of nitrogens with one attached hydrogen (secondary N) is 1. The van der Waals surface area contributed by atoms with Crippen molar-refractivity contribution in [1.29, 1.82) is 0 Å². The fraction of sp³-hybridized carbons (Fsp3) is 0.667. The van der Waals surface area contributed by atoms with Gasteiger partial charge in [0.1, 0.15) is 16.1 Å². The van der Waals surface area contributed by atoms with Crippen molar-refractivity contribution in [2.45, 2.75) is 68.8 Å². The summed E-state index contributed by atoms with van der Waals surface area (Å²) in [6, 6.07) is 4.73. The van der Waals surface area contributed by atoms with Gasteiger partial charge in [0.25, 0.3) is 0 Å².